The molecule has 110 valence electrons. The number of nitrogens with zero attached hydrogens (tertiary/aromatic N) is 1. The summed E-state index contributed by atoms with van der Waals surface area (Å²) in [6, 6.07) is 0. The van der Waals surface area contributed by atoms with Crippen molar-refractivity contribution in [3.05, 3.63) is 0 Å². The summed E-state index contributed by atoms with van der Waals surface area (Å²) in [5, 5.41) is 0. The maximum absolute atomic E-state index is 12.1. The number of piperidine rings is 1. The first-order chi connectivity index (χ1) is 8.54. The van der Waals surface area contributed by atoms with Crippen LogP contribution in [0.3, 0.4) is 0 Å². The lowest BCUT2D eigenvalue weighted by atomic mass is 9.78. The van der Waals surface area contributed by atoms with Gasteiger partial charge in [-0.3, -0.25) is 4.79 Å². The van der Waals surface area contributed by atoms with Gasteiger partial charge in [-0.2, -0.15) is 0 Å². The largest absolute Gasteiger partial charge is 0.469 e. The van der Waals surface area contributed by atoms with E-state index in [0.717, 1.165) is 6.42 Å². The Balaban J connectivity index is 2.78. The fourth-order valence-corrected chi connectivity index (χ4v) is 2.43. The van der Waals surface area contributed by atoms with E-state index in [1.165, 1.54) is 7.11 Å². The molecule has 1 fully saturated rings. The van der Waals surface area contributed by atoms with Crippen molar-refractivity contribution in [2.45, 2.75) is 46.6 Å². The van der Waals surface area contributed by atoms with Gasteiger partial charge in [-0.05, 0) is 32.6 Å². The molecule has 0 radical (unpaired) electrons. The summed E-state index contributed by atoms with van der Waals surface area (Å²) in [5.74, 6) is -0.539. The molecule has 0 N–H and O–H groups in total. The Labute approximate surface area is 115 Å². The Kier molecular flexibility index (Phi) is 4.48. The molecule has 1 aliphatic rings. The van der Waals surface area contributed by atoms with Crippen LogP contribution in [-0.2, 0) is 14.3 Å². The molecule has 0 unspecified atom stereocenters. The Morgan fingerprint density at radius 3 is 2.32 bits per heavy atom. The first kappa shape index (κ1) is 15.8. The van der Waals surface area contributed by atoms with Crippen molar-refractivity contribution in [3.63, 3.8) is 0 Å². The number of carbonyl (C=O) groups excluding carboxylic acids is 2. The summed E-state index contributed by atoms with van der Waals surface area (Å²) in [4.78, 5) is 25.4. The van der Waals surface area contributed by atoms with Crippen LogP contribution in [0, 0.1) is 11.3 Å². The second-order valence-corrected chi connectivity index (χ2v) is 6.95. The molecule has 0 aromatic carbocycles. The molecular formula is C14H25NO4. The monoisotopic (exact) mass is 271 g/mol. The van der Waals surface area contributed by atoms with Crippen molar-refractivity contribution < 1.29 is 19.1 Å². The highest BCUT2D eigenvalue weighted by atomic mass is 16.6. The molecule has 1 aliphatic heterocycles. The fraction of sp³-hybridized carbons (Fsp3) is 0.857. The predicted molar refractivity (Wildman–Crippen MR) is 71.7 cm³/mol. The van der Waals surface area contributed by atoms with Gasteiger partial charge in [0.15, 0.2) is 0 Å². The number of carbonyl (C=O) groups is 2. The minimum absolute atomic E-state index is 0.117. The molecular weight excluding hydrogens is 246 g/mol. The van der Waals surface area contributed by atoms with Crippen molar-refractivity contribution in [2.24, 2.45) is 11.3 Å². The van der Waals surface area contributed by atoms with Gasteiger partial charge < -0.3 is 14.4 Å². The summed E-state index contributed by atoms with van der Waals surface area (Å²) in [6.07, 6.45) is 0.355. The van der Waals surface area contributed by atoms with E-state index in [4.69, 9.17) is 9.47 Å². The average molecular weight is 271 g/mol. The van der Waals surface area contributed by atoms with E-state index in [2.05, 4.69) is 0 Å². The summed E-state index contributed by atoms with van der Waals surface area (Å²) in [6.45, 7) is 10.5. The number of ether oxygens (including phenoxy) is 2. The number of methoxy groups -OCH3 is 1. The summed E-state index contributed by atoms with van der Waals surface area (Å²) < 4.78 is 10.2. The van der Waals surface area contributed by atoms with Gasteiger partial charge in [0.25, 0.3) is 0 Å². The number of hydrogen-bond donors (Lipinski definition) is 0. The molecule has 0 aromatic rings. The third-order valence-corrected chi connectivity index (χ3v) is 3.04. The summed E-state index contributed by atoms with van der Waals surface area (Å²) >= 11 is 0. The van der Waals surface area contributed by atoms with Crippen LogP contribution >= 0.6 is 0 Å². The molecule has 5 heteroatoms. The highest BCUT2D eigenvalue weighted by Gasteiger charge is 2.39. The predicted octanol–water partition coefficient (Wildman–Crippen LogP) is 2.44. The van der Waals surface area contributed by atoms with Gasteiger partial charge in [0.1, 0.15) is 5.60 Å². The second-order valence-electron chi connectivity index (χ2n) is 6.95. The van der Waals surface area contributed by atoms with E-state index in [1.54, 1.807) is 4.90 Å². The van der Waals surface area contributed by atoms with Crippen molar-refractivity contribution in [2.75, 3.05) is 20.2 Å². The molecule has 1 atom stereocenters. The maximum Gasteiger partial charge on any atom is 0.410 e. The van der Waals surface area contributed by atoms with Crippen LogP contribution in [0.25, 0.3) is 0 Å². The van der Waals surface area contributed by atoms with Crippen LogP contribution in [0.4, 0.5) is 4.79 Å². The number of esters is 1. The molecule has 5 nitrogen and oxygen atoms in total. The SMILES string of the molecule is COC(=O)[C@@H]1CN(C(=O)OC(C)(C)C)CC(C)(C)C1. The van der Waals surface area contributed by atoms with E-state index in [9.17, 15) is 9.59 Å². The zero-order valence-corrected chi connectivity index (χ0v) is 12.8. The standard InChI is InChI=1S/C14H25NO4/c1-13(2,3)19-12(17)15-8-10(11(16)18-6)7-14(4,5)9-15/h10H,7-9H2,1-6H3/t10-/m0/s1. The van der Waals surface area contributed by atoms with E-state index in [1.807, 2.05) is 34.6 Å². The molecule has 19 heavy (non-hydrogen) atoms. The minimum Gasteiger partial charge on any atom is -0.469 e. The highest BCUT2D eigenvalue weighted by molar-refractivity contribution is 5.75. The molecule has 1 rings (SSSR count). The quantitative estimate of drug-likeness (QED) is 0.687. The van der Waals surface area contributed by atoms with Gasteiger partial charge in [-0.1, -0.05) is 13.8 Å². The van der Waals surface area contributed by atoms with Crippen LogP contribution in [0.2, 0.25) is 0 Å². The van der Waals surface area contributed by atoms with Crippen LogP contribution in [-0.4, -0.2) is 42.8 Å². The highest BCUT2D eigenvalue weighted by Crippen LogP contribution is 2.33. The fourth-order valence-electron chi connectivity index (χ4n) is 2.43. The average Bonchev–Trinajstić information content (AvgIpc) is 2.23. The first-order valence-electron chi connectivity index (χ1n) is 6.60. The van der Waals surface area contributed by atoms with Crippen molar-refractivity contribution in [1.82, 2.24) is 4.90 Å². The summed E-state index contributed by atoms with van der Waals surface area (Å²) in [5.41, 5.74) is -0.645. The van der Waals surface area contributed by atoms with Gasteiger partial charge in [0, 0.05) is 13.1 Å². The molecule has 1 heterocycles. The van der Waals surface area contributed by atoms with Gasteiger partial charge in [0.2, 0.25) is 0 Å². The van der Waals surface area contributed by atoms with E-state index >= 15 is 0 Å². The molecule has 0 spiro atoms. The third-order valence-electron chi connectivity index (χ3n) is 3.04. The Bertz CT molecular complexity index is 357. The lowest BCUT2D eigenvalue weighted by Crippen LogP contribution is -2.50. The zero-order chi connectivity index (χ0) is 14.8. The minimum atomic E-state index is -0.528. The van der Waals surface area contributed by atoms with Crippen LogP contribution < -0.4 is 0 Å². The number of amides is 1. The van der Waals surface area contributed by atoms with E-state index in [-0.39, 0.29) is 23.4 Å². The molecule has 0 aromatic heterocycles. The number of hydrogen-bond acceptors (Lipinski definition) is 4. The lowest BCUT2D eigenvalue weighted by Gasteiger charge is -2.41. The maximum atomic E-state index is 12.1. The molecule has 0 bridgehead atoms. The van der Waals surface area contributed by atoms with E-state index < -0.39 is 5.60 Å². The Hall–Kier alpha value is -1.26. The smallest absolute Gasteiger partial charge is 0.410 e. The van der Waals surface area contributed by atoms with Gasteiger partial charge in [0.05, 0.1) is 13.0 Å². The molecule has 0 saturated carbocycles. The van der Waals surface area contributed by atoms with E-state index in [0.29, 0.717) is 13.1 Å². The van der Waals surface area contributed by atoms with Gasteiger partial charge >= 0.3 is 12.1 Å². The molecule has 0 aliphatic carbocycles. The Morgan fingerprint density at radius 1 is 1.26 bits per heavy atom. The van der Waals surface area contributed by atoms with Gasteiger partial charge in [-0.15, -0.1) is 0 Å². The van der Waals surface area contributed by atoms with Crippen molar-refractivity contribution in [3.8, 4) is 0 Å². The molecule has 1 amide bonds. The van der Waals surface area contributed by atoms with Crippen LogP contribution in [0.5, 0.6) is 0 Å². The number of likely N-dealkylation sites (tertiary alicyclic amines) is 1. The van der Waals surface area contributed by atoms with Crippen molar-refractivity contribution >= 4 is 12.1 Å². The second kappa shape index (κ2) is 5.39. The van der Waals surface area contributed by atoms with Crippen molar-refractivity contribution in [1.29, 1.82) is 0 Å². The van der Waals surface area contributed by atoms with Crippen LogP contribution in [0.15, 0.2) is 0 Å². The third kappa shape index (κ3) is 4.73. The zero-order valence-electron chi connectivity index (χ0n) is 12.8. The first-order valence-corrected chi connectivity index (χ1v) is 6.60. The summed E-state index contributed by atoms with van der Waals surface area (Å²) in [7, 11) is 1.38. The normalized spacial score (nSPS) is 22.8. The topological polar surface area (TPSA) is 55.8 Å². The lowest BCUT2D eigenvalue weighted by molar-refractivity contribution is -0.149. The van der Waals surface area contributed by atoms with Gasteiger partial charge in [-0.25, -0.2) is 4.79 Å². The Morgan fingerprint density at radius 2 is 1.84 bits per heavy atom. The number of rotatable bonds is 1. The van der Waals surface area contributed by atoms with Crippen LogP contribution in [0.1, 0.15) is 41.0 Å². The molecule has 1 saturated heterocycles.